The summed E-state index contributed by atoms with van der Waals surface area (Å²) in [5, 5.41) is 8.73. The van der Waals surface area contributed by atoms with Gasteiger partial charge in [0, 0.05) is 9.79 Å². The maximum Gasteiger partial charge on any atom is 0.335 e. The minimum Gasteiger partial charge on any atom is -0.478 e. The van der Waals surface area contributed by atoms with Crippen molar-refractivity contribution in [2.75, 3.05) is 0 Å². The van der Waals surface area contributed by atoms with Crippen LogP contribution in [0.2, 0.25) is 0 Å². The van der Waals surface area contributed by atoms with Crippen LogP contribution >= 0.6 is 11.8 Å². The second-order valence-electron chi connectivity index (χ2n) is 3.51. The molecule has 0 radical (unpaired) electrons. The monoisotopic (exact) mass is 266 g/mol. The Labute approximate surface area is 106 Å². The molecule has 0 bridgehead atoms. The van der Waals surface area contributed by atoms with E-state index in [2.05, 4.69) is 0 Å². The summed E-state index contributed by atoms with van der Waals surface area (Å²) in [7, 11) is 0. The lowest BCUT2D eigenvalue weighted by Crippen LogP contribution is -1.94. The van der Waals surface area contributed by atoms with Crippen molar-refractivity contribution in [2.45, 2.75) is 9.79 Å². The zero-order valence-electron chi connectivity index (χ0n) is 9.06. The average molecular weight is 266 g/mol. The summed E-state index contributed by atoms with van der Waals surface area (Å²) in [5.41, 5.74) is 0.185. The van der Waals surface area contributed by atoms with Gasteiger partial charge in [-0.2, -0.15) is 0 Å². The van der Waals surface area contributed by atoms with Crippen LogP contribution in [0, 0.1) is 11.6 Å². The fourth-order valence-corrected chi connectivity index (χ4v) is 2.18. The molecule has 0 unspecified atom stereocenters. The molecule has 2 aromatic carbocycles. The van der Waals surface area contributed by atoms with Crippen LogP contribution < -0.4 is 0 Å². The van der Waals surface area contributed by atoms with Crippen LogP contribution in [-0.2, 0) is 0 Å². The lowest BCUT2D eigenvalue weighted by molar-refractivity contribution is 0.0697. The third kappa shape index (κ3) is 2.87. The van der Waals surface area contributed by atoms with E-state index < -0.39 is 17.6 Å². The molecule has 1 N–H and O–H groups in total. The molecule has 5 heteroatoms. The molecule has 0 fully saturated rings. The van der Waals surface area contributed by atoms with Gasteiger partial charge < -0.3 is 5.11 Å². The highest BCUT2D eigenvalue weighted by Crippen LogP contribution is 2.28. The van der Waals surface area contributed by atoms with E-state index in [4.69, 9.17) is 5.11 Å². The Kier molecular flexibility index (Phi) is 3.62. The lowest BCUT2D eigenvalue weighted by Gasteiger charge is -2.02. The number of hydrogen-bond acceptors (Lipinski definition) is 2. The van der Waals surface area contributed by atoms with Crippen molar-refractivity contribution in [3.8, 4) is 0 Å². The SMILES string of the molecule is O=C(O)c1ccc(Sc2ccc(F)c(F)c2)cc1. The number of halogens is 2. The third-order valence-corrected chi connectivity index (χ3v) is 3.23. The topological polar surface area (TPSA) is 37.3 Å². The summed E-state index contributed by atoms with van der Waals surface area (Å²) in [4.78, 5) is 12.0. The lowest BCUT2D eigenvalue weighted by atomic mass is 10.2. The number of carboxylic acids is 1. The first kappa shape index (κ1) is 12.6. The second-order valence-corrected chi connectivity index (χ2v) is 4.65. The van der Waals surface area contributed by atoms with Gasteiger partial charge in [-0.25, -0.2) is 13.6 Å². The Morgan fingerprint density at radius 1 is 0.944 bits per heavy atom. The van der Waals surface area contributed by atoms with Gasteiger partial charge in [0.2, 0.25) is 0 Å². The van der Waals surface area contributed by atoms with Crippen molar-refractivity contribution in [3.05, 3.63) is 59.7 Å². The molecule has 92 valence electrons. The Bertz CT molecular complexity index is 582. The summed E-state index contributed by atoms with van der Waals surface area (Å²) in [6.07, 6.45) is 0. The Balaban J connectivity index is 2.18. The number of aromatic carboxylic acids is 1. The van der Waals surface area contributed by atoms with Crippen LogP contribution in [0.15, 0.2) is 52.3 Å². The van der Waals surface area contributed by atoms with E-state index in [1.165, 1.54) is 30.0 Å². The van der Waals surface area contributed by atoms with E-state index in [-0.39, 0.29) is 5.56 Å². The van der Waals surface area contributed by atoms with E-state index in [1.54, 1.807) is 12.1 Å². The molecule has 0 atom stereocenters. The van der Waals surface area contributed by atoms with Crippen LogP contribution in [0.25, 0.3) is 0 Å². The number of hydrogen-bond donors (Lipinski definition) is 1. The fraction of sp³-hybridized carbons (Fsp3) is 0. The molecule has 18 heavy (non-hydrogen) atoms. The first-order valence-electron chi connectivity index (χ1n) is 5.02. The van der Waals surface area contributed by atoms with Crippen molar-refractivity contribution in [1.82, 2.24) is 0 Å². The average Bonchev–Trinajstić information content (AvgIpc) is 2.34. The maximum absolute atomic E-state index is 13.0. The zero-order chi connectivity index (χ0) is 13.1. The standard InChI is InChI=1S/C13H8F2O2S/c14-11-6-5-10(7-12(11)15)18-9-3-1-8(2-4-9)13(16)17/h1-7H,(H,16,17). The van der Waals surface area contributed by atoms with Gasteiger partial charge >= 0.3 is 5.97 Å². The molecule has 2 nitrogen and oxygen atoms in total. The van der Waals surface area contributed by atoms with E-state index in [0.29, 0.717) is 4.90 Å². The Hall–Kier alpha value is -1.88. The van der Waals surface area contributed by atoms with E-state index in [9.17, 15) is 13.6 Å². The highest BCUT2D eigenvalue weighted by atomic mass is 32.2. The maximum atomic E-state index is 13.0. The van der Waals surface area contributed by atoms with Crippen LogP contribution in [0.5, 0.6) is 0 Å². The highest BCUT2D eigenvalue weighted by molar-refractivity contribution is 7.99. The van der Waals surface area contributed by atoms with E-state index in [0.717, 1.165) is 17.0 Å². The predicted octanol–water partition coefficient (Wildman–Crippen LogP) is 3.81. The van der Waals surface area contributed by atoms with Gasteiger partial charge in [0.1, 0.15) is 0 Å². The van der Waals surface area contributed by atoms with Crippen molar-refractivity contribution in [2.24, 2.45) is 0 Å². The molecule has 2 rings (SSSR count). The molecule has 0 aliphatic rings. The zero-order valence-corrected chi connectivity index (χ0v) is 9.88. The molecule has 0 spiro atoms. The Morgan fingerprint density at radius 2 is 1.56 bits per heavy atom. The molecule has 0 saturated heterocycles. The van der Waals surface area contributed by atoms with Gasteiger partial charge in [0.15, 0.2) is 11.6 Å². The third-order valence-electron chi connectivity index (χ3n) is 2.23. The van der Waals surface area contributed by atoms with Gasteiger partial charge in [-0.05, 0) is 42.5 Å². The molecule has 0 aliphatic heterocycles. The summed E-state index contributed by atoms with van der Waals surface area (Å²) in [6.45, 7) is 0. The predicted molar refractivity (Wildman–Crippen MR) is 63.9 cm³/mol. The van der Waals surface area contributed by atoms with E-state index in [1.807, 2.05) is 0 Å². The number of rotatable bonds is 3. The van der Waals surface area contributed by atoms with Crippen molar-refractivity contribution in [3.63, 3.8) is 0 Å². The minimum atomic E-state index is -1.00. The van der Waals surface area contributed by atoms with Crippen molar-refractivity contribution in [1.29, 1.82) is 0 Å². The van der Waals surface area contributed by atoms with Crippen molar-refractivity contribution < 1.29 is 18.7 Å². The highest BCUT2D eigenvalue weighted by Gasteiger charge is 2.05. The Morgan fingerprint density at radius 3 is 2.11 bits per heavy atom. The van der Waals surface area contributed by atoms with Gasteiger partial charge in [-0.1, -0.05) is 11.8 Å². The smallest absolute Gasteiger partial charge is 0.335 e. The summed E-state index contributed by atoms with van der Waals surface area (Å²) in [6, 6.07) is 9.79. The summed E-state index contributed by atoms with van der Waals surface area (Å²) >= 11 is 1.23. The van der Waals surface area contributed by atoms with Gasteiger partial charge in [-0.3, -0.25) is 0 Å². The fourth-order valence-electron chi connectivity index (χ4n) is 1.34. The van der Waals surface area contributed by atoms with Crippen LogP contribution in [0.4, 0.5) is 8.78 Å². The van der Waals surface area contributed by atoms with Gasteiger partial charge in [-0.15, -0.1) is 0 Å². The molecular weight excluding hydrogens is 258 g/mol. The van der Waals surface area contributed by atoms with Crippen molar-refractivity contribution >= 4 is 17.7 Å². The number of carbonyl (C=O) groups is 1. The van der Waals surface area contributed by atoms with Crippen LogP contribution in [-0.4, -0.2) is 11.1 Å². The molecule has 0 aliphatic carbocycles. The number of carboxylic acid groups (broad SMARTS) is 1. The second kappa shape index (κ2) is 5.18. The first-order valence-corrected chi connectivity index (χ1v) is 5.84. The van der Waals surface area contributed by atoms with E-state index >= 15 is 0 Å². The molecule has 0 amide bonds. The van der Waals surface area contributed by atoms with Crippen LogP contribution in [0.3, 0.4) is 0 Å². The summed E-state index contributed by atoms with van der Waals surface area (Å²) < 4.78 is 25.7. The minimum absolute atomic E-state index is 0.185. The normalized spacial score (nSPS) is 10.3. The summed E-state index contributed by atoms with van der Waals surface area (Å²) in [5.74, 6) is -2.79. The molecule has 0 heterocycles. The molecule has 0 saturated carbocycles. The molecule has 0 aromatic heterocycles. The quantitative estimate of drug-likeness (QED) is 0.917. The molecular formula is C13H8F2O2S. The number of benzene rings is 2. The van der Waals surface area contributed by atoms with Crippen LogP contribution in [0.1, 0.15) is 10.4 Å². The van der Waals surface area contributed by atoms with Gasteiger partial charge in [0.25, 0.3) is 0 Å². The largest absolute Gasteiger partial charge is 0.478 e. The first-order chi connectivity index (χ1) is 8.56. The van der Waals surface area contributed by atoms with Gasteiger partial charge in [0.05, 0.1) is 5.56 Å². The molecule has 2 aromatic rings.